The summed E-state index contributed by atoms with van der Waals surface area (Å²) in [5.41, 5.74) is 1.06. The van der Waals surface area contributed by atoms with E-state index in [4.69, 9.17) is 11.6 Å². The summed E-state index contributed by atoms with van der Waals surface area (Å²) in [6.07, 6.45) is 0.834. The van der Waals surface area contributed by atoms with Crippen molar-refractivity contribution in [1.82, 2.24) is 20.1 Å². The molecule has 3 aromatic rings. The van der Waals surface area contributed by atoms with Gasteiger partial charge in [-0.3, -0.25) is 14.8 Å². The molecule has 3 heterocycles. The second-order valence-corrected chi connectivity index (χ2v) is 9.02. The molecule has 0 bridgehead atoms. The predicted octanol–water partition coefficient (Wildman–Crippen LogP) is 4.43. The first-order chi connectivity index (χ1) is 16.3. The van der Waals surface area contributed by atoms with Crippen LogP contribution in [0.3, 0.4) is 0 Å². The Morgan fingerprint density at radius 1 is 1.32 bits per heavy atom. The van der Waals surface area contributed by atoms with Crippen molar-refractivity contribution in [2.45, 2.75) is 32.7 Å². The molecule has 0 spiro atoms. The number of aryl methyl sites for hydroxylation is 1. The number of aliphatic carboxylic acids is 1. The molecule has 8 nitrogen and oxygen atoms in total. The number of benzene rings is 1. The van der Waals surface area contributed by atoms with Crippen LogP contribution in [0.15, 0.2) is 36.4 Å². The van der Waals surface area contributed by atoms with E-state index in [1.807, 2.05) is 17.9 Å². The predicted molar refractivity (Wildman–Crippen MR) is 125 cm³/mol. The van der Waals surface area contributed by atoms with Gasteiger partial charge in [0, 0.05) is 30.3 Å². The molecule has 0 unspecified atom stereocenters. The molecular weight excluding hydrogens is 459 g/mol. The molecule has 2 aromatic heterocycles. The first-order valence-electron chi connectivity index (χ1n) is 10.9. The van der Waals surface area contributed by atoms with Gasteiger partial charge in [-0.1, -0.05) is 23.7 Å². The van der Waals surface area contributed by atoms with Crippen molar-refractivity contribution in [3.05, 3.63) is 69.8 Å². The number of hydrogen-bond donors (Lipinski definition) is 3. The molecule has 176 valence electrons. The minimum Gasteiger partial charge on any atom is -0.481 e. The number of carboxylic acid groups (broad SMARTS) is 1. The lowest BCUT2D eigenvalue weighted by molar-refractivity contribution is -0.152. The third kappa shape index (κ3) is 5.03. The van der Waals surface area contributed by atoms with Gasteiger partial charge in [0.25, 0.3) is 0 Å². The number of carbonyl (C=O) groups is 1. The molecule has 1 aromatic carbocycles. The molecular formula is C24H24ClFN6O2. The Morgan fingerprint density at radius 2 is 2.09 bits per heavy atom. The number of piperidine rings is 1. The van der Waals surface area contributed by atoms with Gasteiger partial charge in [0.2, 0.25) is 0 Å². The summed E-state index contributed by atoms with van der Waals surface area (Å²) in [5.74, 6) is -0.309. The highest BCUT2D eigenvalue weighted by Gasteiger charge is 2.42. The summed E-state index contributed by atoms with van der Waals surface area (Å²) in [6, 6.07) is 12.1. The Kier molecular flexibility index (Phi) is 6.82. The number of anilines is 2. The second kappa shape index (κ2) is 9.79. The zero-order chi connectivity index (χ0) is 24.3. The summed E-state index contributed by atoms with van der Waals surface area (Å²) in [5, 5.41) is 29.8. The average Bonchev–Trinajstić information content (AvgIpc) is 3.22. The maximum Gasteiger partial charge on any atom is 0.310 e. The van der Waals surface area contributed by atoms with Gasteiger partial charge >= 0.3 is 5.97 Å². The second-order valence-electron chi connectivity index (χ2n) is 8.62. The monoisotopic (exact) mass is 482 g/mol. The number of likely N-dealkylation sites (tertiary alicyclic amines) is 1. The molecule has 1 aliphatic rings. The number of nitriles is 1. The van der Waals surface area contributed by atoms with Crippen LogP contribution in [-0.2, 0) is 17.8 Å². The van der Waals surface area contributed by atoms with Crippen LogP contribution in [0, 0.1) is 29.5 Å². The van der Waals surface area contributed by atoms with E-state index in [1.54, 1.807) is 24.3 Å². The average molecular weight is 483 g/mol. The summed E-state index contributed by atoms with van der Waals surface area (Å²) in [6.45, 7) is 3.18. The number of hydrogen-bond acceptors (Lipinski definition) is 6. The lowest BCUT2D eigenvalue weighted by Gasteiger charge is -2.39. The number of carboxylic acids is 1. The molecule has 0 aliphatic carbocycles. The standard InChI is InChI=1S/C24H24ClFN6O2/c1-15-11-21(31-30-15)29-20-6-5-16(13-27)19(28-20)12-24(23(33)34)7-9-32(10-8-24)14-17-3-2-4-18(25)22(17)26/h2-6,11H,7-10,12,14H2,1H3,(H,33,34)(H2,28,29,30,31). The van der Waals surface area contributed by atoms with Gasteiger partial charge in [-0.2, -0.15) is 10.4 Å². The van der Waals surface area contributed by atoms with Gasteiger partial charge in [-0.15, -0.1) is 0 Å². The molecule has 4 rings (SSSR count). The lowest BCUT2D eigenvalue weighted by Crippen LogP contribution is -2.45. The molecule has 1 fully saturated rings. The number of H-pyrrole nitrogens is 1. The fraction of sp³-hybridized carbons (Fsp3) is 0.333. The Bertz CT molecular complexity index is 1250. The number of aromatic nitrogens is 3. The third-order valence-electron chi connectivity index (χ3n) is 6.25. The van der Waals surface area contributed by atoms with E-state index < -0.39 is 17.2 Å². The number of nitrogens with one attached hydrogen (secondary N) is 2. The topological polar surface area (TPSA) is 118 Å². The zero-order valence-corrected chi connectivity index (χ0v) is 19.4. The van der Waals surface area contributed by atoms with Gasteiger partial charge in [0.15, 0.2) is 5.82 Å². The first kappa shape index (κ1) is 23.7. The van der Waals surface area contributed by atoms with Crippen LogP contribution in [0.4, 0.5) is 16.0 Å². The minimum absolute atomic E-state index is 0.0722. The van der Waals surface area contributed by atoms with E-state index in [2.05, 4.69) is 26.6 Å². The molecule has 1 aliphatic heterocycles. The van der Waals surface area contributed by atoms with Crippen LogP contribution >= 0.6 is 11.6 Å². The van der Waals surface area contributed by atoms with Crippen molar-refractivity contribution in [2.75, 3.05) is 18.4 Å². The van der Waals surface area contributed by atoms with Gasteiger partial charge in [-0.05, 0) is 51.1 Å². The van der Waals surface area contributed by atoms with Crippen LogP contribution in [-0.4, -0.2) is 44.2 Å². The summed E-state index contributed by atoms with van der Waals surface area (Å²) >= 11 is 5.89. The van der Waals surface area contributed by atoms with Gasteiger partial charge in [-0.25, -0.2) is 9.37 Å². The van der Waals surface area contributed by atoms with Crippen molar-refractivity contribution in [1.29, 1.82) is 5.26 Å². The van der Waals surface area contributed by atoms with Crippen molar-refractivity contribution < 1.29 is 14.3 Å². The Balaban J connectivity index is 1.51. The van der Waals surface area contributed by atoms with Crippen molar-refractivity contribution >= 4 is 29.2 Å². The Hall–Kier alpha value is -3.48. The molecule has 0 amide bonds. The van der Waals surface area contributed by atoms with Gasteiger partial charge in [0.1, 0.15) is 17.7 Å². The van der Waals surface area contributed by atoms with Crippen molar-refractivity contribution in [3.8, 4) is 6.07 Å². The highest BCUT2D eigenvalue weighted by Crippen LogP contribution is 2.37. The van der Waals surface area contributed by atoms with Crippen LogP contribution in [0.25, 0.3) is 0 Å². The molecule has 0 atom stereocenters. The van der Waals surface area contributed by atoms with Gasteiger partial charge < -0.3 is 10.4 Å². The van der Waals surface area contributed by atoms with Crippen LogP contribution in [0.2, 0.25) is 5.02 Å². The normalized spacial score (nSPS) is 15.6. The quantitative estimate of drug-likeness (QED) is 0.456. The third-order valence-corrected chi connectivity index (χ3v) is 6.55. The summed E-state index contributed by atoms with van der Waals surface area (Å²) < 4.78 is 14.3. The highest BCUT2D eigenvalue weighted by molar-refractivity contribution is 6.30. The molecule has 10 heteroatoms. The molecule has 34 heavy (non-hydrogen) atoms. The molecule has 1 saturated heterocycles. The van der Waals surface area contributed by atoms with Crippen molar-refractivity contribution in [3.63, 3.8) is 0 Å². The smallest absolute Gasteiger partial charge is 0.310 e. The van der Waals surface area contributed by atoms with E-state index in [1.165, 1.54) is 6.07 Å². The molecule has 0 radical (unpaired) electrons. The number of nitrogens with zero attached hydrogens (tertiary/aromatic N) is 4. The van der Waals surface area contributed by atoms with Gasteiger partial charge in [0.05, 0.1) is 21.7 Å². The first-order valence-corrected chi connectivity index (χ1v) is 11.3. The number of rotatable bonds is 7. The summed E-state index contributed by atoms with van der Waals surface area (Å²) in [7, 11) is 0. The summed E-state index contributed by atoms with van der Waals surface area (Å²) in [4.78, 5) is 19.0. The fourth-order valence-corrected chi connectivity index (χ4v) is 4.45. The highest BCUT2D eigenvalue weighted by atomic mass is 35.5. The minimum atomic E-state index is -1.07. The number of pyridine rings is 1. The molecule has 3 N–H and O–H groups in total. The fourth-order valence-electron chi connectivity index (χ4n) is 4.26. The maximum absolute atomic E-state index is 14.3. The maximum atomic E-state index is 14.3. The Labute approximate surface area is 201 Å². The van der Waals surface area contributed by atoms with E-state index in [0.29, 0.717) is 60.9 Å². The number of aromatic amines is 1. The van der Waals surface area contributed by atoms with E-state index in [-0.39, 0.29) is 11.4 Å². The van der Waals surface area contributed by atoms with E-state index >= 15 is 0 Å². The van der Waals surface area contributed by atoms with Crippen LogP contribution in [0.5, 0.6) is 0 Å². The van der Waals surface area contributed by atoms with E-state index in [0.717, 1.165) is 5.69 Å². The lowest BCUT2D eigenvalue weighted by atomic mass is 9.74. The van der Waals surface area contributed by atoms with Crippen LogP contribution < -0.4 is 5.32 Å². The van der Waals surface area contributed by atoms with Crippen molar-refractivity contribution in [2.24, 2.45) is 5.41 Å². The van der Waals surface area contributed by atoms with E-state index in [9.17, 15) is 19.6 Å². The van der Waals surface area contributed by atoms with Crippen LogP contribution in [0.1, 0.15) is 35.4 Å². The largest absolute Gasteiger partial charge is 0.481 e. The Morgan fingerprint density at radius 3 is 2.74 bits per heavy atom. The number of halogens is 2. The SMILES string of the molecule is Cc1cc(Nc2ccc(C#N)c(CC3(C(=O)O)CCN(Cc4cccc(Cl)c4F)CC3)n2)n[nH]1. The zero-order valence-electron chi connectivity index (χ0n) is 18.6. The molecule has 0 saturated carbocycles.